The first kappa shape index (κ1) is 10.7. The number of hydrogen-bond acceptors (Lipinski definition) is 4. The van der Waals surface area contributed by atoms with Crippen molar-refractivity contribution in [2.24, 2.45) is 0 Å². The van der Waals surface area contributed by atoms with E-state index in [4.69, 9.17) is 9.47 Å². The molecule has 1 rings (SSSR count). The van der Waals surface area contributed by atoms with Crippen LogP contribution in [0.5, 0.6) is 5.88 Å². The van der Waals surface area contributed by atoms with E-state index in [1.165, 1.54) is 0 Å². The minimum absolute atomic E-state index is 0.520. The molecule has 1 aromatic rings. The van der Waals surface area contributed by atoms with Crippen molar-refractivity contribution in [3.05, 3.63) is 24.2 Å². The molecule has 0 radical (unpaired) electrons. The summed E-state index contributed by atoms with van der Waals surface area (Å²) in [7, 11) is 1.56. The van der Waals surface area contributed by atoms with Crippen LogP contribution in [-0.4, -0.2) is 30.3 Å². The summed E-state index contributed by atoms with van der Waals surface area (Å²) in [5.74, 6) is 0.520. The molecule has 0 N–H and O–H groups in total. The second-order valence-corrected chi connectivity index (χ2v) is 2.55. The number of rotatable bonds is 5. The van der Waals surface area contributed by atoms with Crippen LogP contribution in [0.3, 0.4) is 0 Å². The number of methoxy groups -OCH3 is 1. The van der Waals surface area contributed by atoms with Crippen molar-refractivity contribution in [1.29, 1.82) is 0 Å². The maximum Gasteiger partial charge on any atom is 0.232 e. The third-order valence-electron chi connectivity index (χ3n) is 1.56. The van der Waals surface area contributed by atoms with Gasteiger partial charge in [-0.25, -0.2) is 9.97 Å². The van der Waals surface area contributed by atoms with Gasteiger partial charge in [0.15, 0.2) is 0 Å². The SMILES string of the molecule is CCOC/C=C/c1cnc(OC)cn1. The second kappa shape index (κ2) is 6.10. The second-order valence-electron chi connectivity index (χ2n) is 2.55. The van der Waals surface area contributed by atoms with Crippen LogP contribution in [0.15, 0.2) is 18.5 Å². The highest BCUT2D eigenvalue weighted by Gasteiger charge is 1.92. The Kier molecular flexibility index (Phi) is 4.64. The summed E-state index contributed by atoms with van der Waals surface area (Å²) in [5, 5.41) is 0. The molecule has 4 nitrogen and oxygen atoms in total. The Morgan fingerprint density at radius 2 is 2.21 bits per heavy atom. The quantitative estimate of drug-likeness (QED) is 0.667. The van der Waals surface area contributed by atoms with Gasteiger partial charge in [-0.1, -0.05) is 6.08 Å². The summed E-state index contributed by atoms with van der Waals surface area (Å²) in [6, 6.07) is 0. The fraction of sp³-hybridized carbons (Fsp3) is 0.400. The van der Waals surface area contributed by atoms with Gasteiger partial charge in [0.2, 0.25) is 5.88 Å². The summed E-state index contributed by atoms with van der Waals surface area (Å²) in [5.41, 5.74) is 0.797. The first-order chi connectivity index (χ1) is 6.86. The number of aromatic nitrogens is 2. The zero-order chi connectivity index (χ0) is 10.2. The van der Waals surface area contributed by atoms with Crippen molar-refractivity contribution >= 4 is 6.08 Å². The van der Waals surface area contributed by atoms with Crippen molar-refractivity contribution in [2.75, 3.05) is 20.3 Å². The molecule has 0 unspecified atom stereocenters. The third kappa shape index (κ3) is 3.53. The highest BCUT2D eigenvalue weighted by Crippen LogP contribution is 2.03. The summed E-state index contributed by atoms with van der Waals surface area (Å²) < 4.78 is 10.0. The van der Waals surface area contributed by atoms with Gasteiger partial charge in [-0.3, -0.25) is 0 Å². The molecule has 0 atom stereocenters. The van der Waals surface area contributed by atoms with Crippen molar-refractivity contribution in [3.63, 3.8) is 0 Å². The normalized spacial score (nSPS) is 10.7. The van der Waals surface area contributed by atoms with Crippen LogP contribution in [0.2, 0.25) is 0 Å². The Bertz CT molecular complexity index is 283. The maximum absolute atomic E-state index is 5.14. The van der Waals surface area contributed by atoms with Gasteiger partial charge in [0.25, 0.3) is 0 Å². The Hall–Kier alpha value is -1.42. The summed E-state index contributed by atoms with van der Waals surface area (Å²) >= 11 is 0. The fourth-order valence-corrected chi connectivity index (χ4v) is 0.872. The van der Waals surface area contributed by atoms with E-state index in [1.807, 2.05) is 19.1 Å². The number of nitrogens with zero attached hydrogens (tertiary/aromatic N) is 2. The van der Waals surface area contributed by atoms with Crippen LogP contribution < -0.4 is 4.74 Å². The van der Waals surface area contributed by atoms with E-state index < -0.39 is 0 Å². The number of ether oxygens (including phenoxy) is 2. The van der Waals surface area contributed by atoms with Crippen molar-refractivity contribution in [1.82, 2.24) is 9.97 Å². The zero-order valence-corrected chi connectivity index (χ0v) is 8.43. The highest BCUT2D eigenvalue weighted by atomic mass is 16.5. The Labute approximate surface area is 83.6 Å². The first-order valence-corrected chi connectivity index (χ1v) is 4.47. The van der Waals surface area contributed by atoms with E-state index in [2.05, 4.69) is 9.97 Å². The molecule has 76 valence electrons. The molecule has 0 aliphatic carbocycles. The monoisotopic (exact) mass is 194 g/mol. The summed E-state index contributed by atoms with van der Waals surface area (Å²) in [6.07, 6.45) is 7.00. The van der Waals surface area contributed by atoms with Crippen LogP contribution in [0.1, 0.15) is 12.6 Å². The maximum atomic E-state index is 5.14. The predicted octanol–water partition coefficient (Wildman–Crippen LogP) is 1.53. The molecular weight excluding hydrogens is 180 g/mol. The van der Waals surface area contributed by atoms with Gasteiger partial charge in [0.1, 0.15) is 0 Å². The van der Waals surface area contributed by atoms with Gasteiger partial charge in [-0.2, -0.15) is 0 Å². The molecule has 14 heavy (non-hydrogen) atoms. The van der Waals surface area contributed by atoms with Crippen LogP contribution in [0.4, 0.5) is 0 Å². The lowest BCUT2D eigenvalue weighted by Gasteiger charge is -1.97. The van der Waals surface area contributed by atoms with Gasteiger partial charge in [-0.05, 0) is 13.0 Å². The van der Waals surface area contributed by atoms with E-state index in [0.717, 1.165) is 12.3 Å². The fourth-order valence-electron chi connectivity index (χ4n) is 0.872. The molecular formula is C10H14N2O2. The zero-order valence-electron chi connectivity index (χ0n) is 8.43. The molecule has 0 saturated heterocycles. The molecule has 0 aromatic carbocycles. The predicted molar refractivity (Wildman–Crippen MR) is 54.1 cm³/mol. The highest BCUT2D eigenvalue weighted by molar-refractivity contribution is 5.43. The molecule has 0 aliphatic rings. The van der Waals surface area contributed by atoms with E-state index in [-0.39, 0.29) is 0 Å². The molecule has 0 bridgehead atoms. The minimum Gasteiger partial charge on any atom is -0.480 e. The van der Waals surface area contributed by atoms with Gasteiger partial charge in [0.05, 0.1) is 31.8 Å². The smallest absolute Gasteiger partial charge is 0.232 e. The molecule has 0 amide bonds. The Morgan fingerprint density at radius 1 is 1.36 bits per heavy atom. The van der Waals surface area contributed by atoms with Crippen molar-refractivity contribution in [2.45, 2.75) is 6.92 Å². The summed E-state index contributed by atoms with van der Waals surface area (Å²) in [4.78, 5) is 8.14. The van der Waals surface area contributed by atoms with Crippen LogP contribution in [0.25, 0.3) is 6.08 Å². The van der Waals surface area contributed by atoms with E-state index >= 15 is 0 Å². The molecule has 0 aliphatic heterocycles. The molecule has 0 saturated carbocycles. The lowest BCUT2D eigenvalue weighted by molar-refractivity contribution is 0.178. The van der Waals surface area contributed by atoms with E-state index in [1.54, 1.807) is 19.5 Å². The molecule has 0 spiro atoms. The van der Waals surface area contributed by atoms with E-state index in [9.17, 15) is 0 Å². The van der Waals surface area contributed by atoms with Crippen LogP contribution in [-0.2, 0) is 4.74 Å². The topological polar surface area (TPSA) is 44.2 Å². The lowest BCUT2D eigenvalue weighted by Crippen LogP contribution is -1.91. The molecule has 4 heteroatoms. The van der Waals surface area contributed by atoms with Gasteiger partial charge in [0, 0.05) is 6.61 Å². The van der Waals surface area contributed by atoms with Gasteiger partial charge >= 0.3 is 0 Å². The third-order valence-corrected chi connectivity index (χ3v) is 1.56. The van der Waals surface area contributed by atoms with Crippen LogP contribution in [0, 0.1) is 0 Å². The van der Waals surface area contributed by atoms with E-state index in [0.29, 0.717) is 12.5 Å². The average molecular weight is 194 g/mol. The average Bonchev–Trinajstić information content (AvgIpc) is 2.25. The Balaban J connectivity index is 2.47. The lowest BCUT2D eigenvalue weighted by atomic mass is 10.4. The number of hydrogen-bond donors (Lipinski definition) is 0. The van der Waals surface area contributed by atoms with Crippen molar-refractivity contribution in [3.8, 4) is 5.88 Å². The molecule has 1 aromatic heterocycles. The standard InChI is InChI=1S/C10H14N2O2/c1-3-14-6-4-5-9-7-12-10(13-2)8-11-9/h4-5,7-8H,3,6H2,1-2H3/b5-4+. The first-order valence-electron chi connectivity index (χ1n) is 4.47. The molecule has 1 heterocycles. The summed E-state index contributed by atoms with van der Waals surface area (Å²) in [6.45, 7) is 3.28. The van der Waals surface area contributed by atoms with Crippen LogP contribution >= 0.6 is 0 Å². The van der Waals surface area contributed by atoms with Gasteiger partial charge in [-0.15, -0.1) is 0 Å². The largest absolute Gasteiger partial charge is 0.480 e. The van der Waals surface area contributed by atoms with Crippen molar-refractivity contribution < 1.29 is 9.47 Å². The Morgan fingerprint density at radius 3 is 2.79 bits per heavy atom. The molecule has 0 fully saturated rings. The van der Waals surface area contributed by atoms with Gasteiger partial charge < -0.3 is 9.47 Å². The minimum atomic E-state index is 0.520.